The van der Waals surface area contributed by atoms with E-state index >= 15 is 0 Å². The Labute approximate surface area is 150 Å². The highest BCUT2D eigenvalue weighted by molar-refractivity contribution is 7.91. The number of hydrogen-bond acceptors (Lipinski definition) is 4. The van der Waals surface area contributed by atoms with Crippen molar-refractivity contribution in [3.05, 3.63) is 59.7 Å². The molecule has 1 heterocycles. The fourth-order valence-electron chi connectivity index (χ4n) is 3.68. The lowest BCUT2D eigenvalue weighted by atomic mass is 9.91. The molecule has 5 heteroatoms. The van der Waals surface area contributed by atoms with Gasteiger partial charge in [-0.25, -0.2) is 8.42 Å². The van der Waals surface area contributed by atoms with Gasteiger partial charge in [-0.05, 0) is 42.7 Å². The molecule has 2 aromatic carbocycles. The second-order valence-corrected chi connectivity index (χ2v) is 9.17. The lowest BCUT2D eigenvalue weighted by Crippen LogP contribution is -2.47. The highest BCUT2D eigenvalue weighted by Crippen LogP contribution is 2.36. The predicted octanol–water partition coefficient (Wildman–Crippen LogP) is 3.68. The first kappa shape index (κ1) is 18.0. The van der Waals surface area contributed by atoms with Crippen molar-refractivity contribution in [3.63, 3.8) is 0 Å². The zero-order valence-electron chi connectivity index (χ0n) is 14.8. The van der Waals surface area contributed by atoms with Crippen molar-refractivity contribution in [3.8, 4) is 0 Å². The van der Waals surface area contributed by atoms with Crippen LogP contribution in [0.15, 0.2) is 53.4 Å². The molecule has 2 atom stereocenters. The first-order valence-electron chi connectivity index (χ1n) is 8.79. The van der Waals surface area contributed by atoms with Gasteiger partial charge in [-0.2, -0.15) is 0 Å². The van der Waals surface area contributed by atoms with Crippen LogP contribution in [0.25, 0.3) is 0 Å². The standard InChI is InChI=1S/C20H26N2O2S/c1-3-4-12-20(2)14-25(23,24)18-11-6-5-10-17(18)19(22-20)15-8-7-9-16(21)13-15/h5-11,13,19,22H,3-4,12,14,21H2,1-2H3/t19-,20?/m1/s1. The predicted molar refractivity (Wildman–Crippen MR) is 102 cm³/mol. The third-order valence-electron chi connectivity index (χ3n) is 4.89. The monoisotopic (exact) mass is 358 g/mol. The second-order valence-electron chi connectivity index (χ2n) is 7.21. The Morgan fingerprint density at radius 1 is 1.20 bits per heavy atom. The molecule has 0 spiro atoms. The number of anilines is 1. The van der Waals surface area contributed by atoms with Gasteiger partial charge in [0.15, 0.2) is 9.84 Å². The molecule has 4 nitrogen and oxygen atoms in total. The summed E-state index contributed by atoms with van der Waals surface area (Å²) in [4.78, 5) is 0.426. The Morgan fingerprint density at radius 3 is 2.68 bits per heavy atom. The van der Waals surface area contributed by atoms with Crippen molar-refractivity contribution in [2.45, 2.75) is 49.6 Å². The number of unbranched alkanes of at least 4 members (excludes halogenated alkanes) is 1. The van der Waals surface area contributed by atoms with Gasteiger partial charge < -0.3 is 5.73 Å². The fraction of sp³-hybridized carbons (Fsp3) is 0.400. The highest BCUT2D eigenvalue weighted by atomic mass is 32.2. The summed E-state index contributed by atoms with van der Waals surface area (Å²) in [5.74, 6) is 0.107. The van der Waals surface area contributed by atoms with E-state index in [1.807, 2.05) is 43.3 Å². The van der Waals surface area contributed by atoms with Crippen LogP contribution in [0.5, 0.6) is 0 Å². The molecule has 0 saturated carbocycles. The number of benzene rings is 2. The van der Waals surface area contributed by atoms with Gasteiger partial charge in [-0.1, -0.05) is 50.1 Å². The largest absolute Gasteiger partial charge is 0.399 e. The van der Waals surface area contributed by atoms with Gasteiger partial charge in [-0.15, -0.1) is 0 Å². The van der Waals surface area contributed by atoms with Crippen LogP contribution in [-0.4, -0.2) is 19.7 Å². The van der Waals surface area contributed by atoms with E-state index < -0.39 is 15.4 Å². The maximum atomic E-state index is 13.1. The molecule has 0 saturated heterocycles. The summed E-state index contributed by atoms with van der Waals surface area (Å²) < 4.78 is 26.1. The van der Waals surface area contributed by atoms with Gasteiger partial charge in [-0.3, -0.25) is 5.32 Å². The molecular weight excluding hydrogens is 332 g/mol. The number of nitrogens with one attached hydrogen (secondary N) is 1. The van der Waals surface area contributed by atoms with Crippen molar-refractivity contribution in [1.82, 2.24) is 5.32 Å². The highest BCUT2D eigenvalue weighted by Gasteiger charge is 2.39. The van der Waals surface area contributed by atoms with Gasteiger partial charge in [0.1, 0.15) is 0 Å². The maximum absolute atomic E-state index is 13.1. The van der Waals surface area contributed by atoms with Gasteiger partial charge in [0, 0.05) is 11.2 Å². The van der Waals surface area contributed by atoms with Crippen LogP contribution in [0.2, 0.25) is 0 Å². The van der Waals surface area contributed by atoms with E-state index in [0.29, 0.717) is 10.6 Å². The van der Waals surface area contributed by atoms with Crippen molar-refractivity contribution in [2.75, 3.05) is 11.5 Å². The Bertz CT molecular complexity index is 864. The molecule has 0 aromatic heterocycles. The molecule has 3 N–H and O–H groups in total. The topological polar surface area (TPSA) is 72.2 Å². The van der Waals surface area contributed by atoms with Gasteiger partial charge in [0.2, 0.25) is 0 Å². The van der Waals surface area contributed by atoms with Crippen molar-refractivity contribution >= 4 is 15.5 Å². The van der Waals surface area contributed by atoms with E-state index in [1.165, 1.54) is 0 Å². The van der Waals surface area contributed by atoms with Crippen LogP contribution in [0.3, 0.4) is 0 Å². The van der Waals surface area contributed by atoms with Crippen LogP contribution in [0.1, 0.15) is 50.3 Å². The van der Waals surface area contributed by atoms with E-state index in [0.717, 1.165) is 30.4 Å². The fourth-order valence-corrected chi connectivity index (χ4v) is 5.73. The van der Waals surface area contributed by atoms with Crippen molar-refractivity contribution in [2.24, 2.45) is 0 Å². The number of hydrogen-bond donors (Lipinski definition) is 2. The van der Waals surface area contributed by atoms with E-state index in [1.54, 1.807) is 12.1 Å². The number of sulfone groups is 1. The minimum Gasteiger partial charge on any atom is -0.399 e. The Morgan fingerprint density at radius 2 is 1.96 bits per heavy atom. The summed E-state index contributed by atoms with van der Waals surface area (Å²) in [6.45, 7) is 4.14. The van der Waals surface area contributed by atoms with Crippen LogP contribution >= 0.6 is 0 Å². The zero-order valence-corrected chi connectivity index (χ0v) is 15.6. The molecule has 0 fully saturated rings. The average Bonchev–Trinajstić information content (AvgIpc) is 2.66. The van der Waals surface area contributed by atoms with Gasteiger partial charge in [0.25, 0.3) is 0 Å². The molecule has 1 aliphatic rings. The molecule has 1 unspecified atom stereocenters. The van der Waals surface area contributed by atoms with E-state index in [9.17, 15) is 8.42 Å². The molecule has 1 aliphatic heterocycles. The SMILES string of the molecule is CCCCC1(C)CS(=O)(=O)c2ccccc2[C@@H](c2cccc(N)c2)N1. The summed E-state index contributed by atoms with van der Waals surface area (Å²) in [6, 6.07) is 14.8. The van der Waals surface area contributed by atoms with Crippen molar-refractivity contribution < 1.29 is 8.42 Å². The van der Waals surface area contributed by atoms with E-state index in [4.69, 9.17) is 5.73 Å². The van der Waals surface area contributed by atoms with Crippen LogP contribution < -0.4 is 11.1 Å². The first-order valence-corrected chi connectivity index (χ1v) is 10.4. The molecule has 0 radical (unpaired) electrons. The second kappa shape index (κ2) is 6.81. The lowest BCUT2D eigenvalue weighted by Gasteiger charge is -2.33. The number of rotatable bonds is 4. The van der Waals surface area contributed by atoms with Gasteiger partial charge >= 0.3 is 0 Å². The quantitative estimate of drug-likeness (QED) is 0.818. The molecule has 3 rings (SSSR count). The molecule has 0 bridgehead atoms. The normalized spacial score (nSPS) is 25.1. The zero-order chi connectivity index (χ0) is 18.1. The Kier molecular flexibility index (Phi) is 4.89. The molecular formula is C20H26N2O2S. The van der Waals surface area contributed by atoms with E-state index in [2.05, 4.69) is 12.2 Å². The number of nitrogen functional groups attached to an aromatic ring is 1. The van der Waals surface area contributed by atoms with Crippen LogP contribution in [0.4, 0.5) is 5.69 Å². The van der Waals surface area contributed by atoms with Crippen LogP contribution in [-0.2, 0) is 9.84 Å². The molecule has 0 amide bonds. The van der Waals surface area contributed by atoms with Gasteiger partial charge in [0.05, 0.1) is 16.7 Å². The summed E-state index contributed by atoms with van der Waals surface area (Å²) in [5.41, 5.74) is 7.97. The Balaban J connectivity index is 2.16. The summed E-state index contributed by atoms with van der Waals surface area (Å²) in [5, 5.41) is 3.65. The molecule has 25 heavy (non-hydrogen) atoms. The number of nitrogens with two attached hydrogens (primary N) is 1. The summed E-state index contributed by atoms with van der Waals surface area (Å²) >= 11 is 0. The first-order chi connectivity index (χ1) is 11.8. The molecule has 2 aromatic rings. The van der Waals surface area contributed by atoms with E-state index in [-0.39, 0.29) is 11.8 Å². The third kappa shape index (κ3) is 3.72. The summed E-state index contributed by atoms with van der Waals surface area (Å²) in [7, 11) is -3.36. The minimum absolute atomic E-state index is 0.107. The summed E-state index contributed by atoms with van der Waals surface area (Å²) in [6.07, 6.45) is 2.84. The Hall–Kier alpha value is -1.85. The average molecular weight is 359 g/mol. The smallest absolute Gasteiger partial charge is 0.180 e. The lowest BCUT2D eigenvalue weighted by molar-refractivity contribution is 0.332. The molecule has 134 valence electrons. The van der Waals surface area contributed by atoms with Crippen LogP contribution in [0, 0.1) is 0 Å². The number of fused-ring (bicyclic) bond motifs is 1. The third-order valence-corrected chi connectivity index (χ3v) is 6.95. The molecule has 0 aliphatic carbocycles. The minimum atomic E-state index is -3.36. The maximum Gasteiger partial charge on any atom is 0.180 e. The van der Waals surface area contributed by atoms with Crippen molar-refractivity contribution in [1.29, 1.82) is 0 Å².